The van der Waals surface area contributed by atoms with E-state index in [0.29, 0.717) is 33.9 Å². The number of carboxylic acid groups (broad SMARTS) is 1. The SMILES string of the molecule is CCCCOc1ccc(/C=C2\SC(=Nc3ccc(C(=O)O)cc3)NC2=O)cc1OC. The Morgan fingerprint density at radius 1 is 1.20 bits per heavy atom. The summed E-state index contributed by atoms with van der Waals surface area (Å²) in [4.78, 5) is 28.1. The number of benzene rings is 2. The van der Waals surface area contributed by atoms with Crippen LogP contribution in [0.4, 0.5) is 5.69 Å². The molecule has 30 heavy (non-hydrogen) atoms. The third-order valence-corrected chi connectivity index (χ3v) is 5.15. The van der Waals surface area contributed by atoms with Crippen molar-refractivity contribution in [3.05, 3.63) is 58.5 Å². The van der Waals surface area contributed by atoms with Crippen molar-refractivity contribution < 1.29 is 24.2 Å². The van der Waals surface area contributed by atoms with Crippen molar-refractivity contribution in [3.8, 4) is 11.5 Å². The second-order valence-corrected chi connectivity index (χ2v) is 7.48. The normalized spacial score (nSPS) is 16.0. The Balaban J connectivity index is 1.74. The minimum Gasteiger partial charge on any atom is -0.493 e. The molecule has 1 amide bonds. The van der Waals surface area contributed by atoms with Crippen molar-refractivity contribution >= 4 is 40.6 Å². The zero-order chi connectivity index (χ0) is 21.5. The maximum atomic E-state index is 12.3. The first-order chi connectivity index (χ1) is 14.5. The van der Waals surface area contributed by atoms with E-state index in [9.17, 15) is 9.59 Å². The van der Waals surface area contributed by atoms with Crippen molar-refractivity contribution in [1.29, 1.82) is 0 Å². The van der Waals surface area contributed by atoms with Crippen LogP contribution >= 0.6 is 11.8 Å². The van der Waals surface area contributed by atoms with Gasteiger partial charge < -0.3 is 19.9 Å². The van der Waals surface area contributed by atoms with E-state index in [1.54, 1.807) is 25.3 Å². The summed E-state index contributed by atoms with van der Waals surface area (Å²) in [6.07, 6.45) is 3.77. The fraction of sp³-hybridized carbons (Fsp3) is 0.227. The zero-order valence-electron chi connectivity index (χ0n) is 16.7. The van der Waals surface area contributed by atoms with Gasteiger partial charge in [-0.2, -0.15) is 0 Å². The fourth-order valence-corrected chi connectivity index (χ4v) is 3.49. The molecule has 1 saturated heterocycles. The van der Waals surface area contributed by atoms with E-state index >= 15 is 0 Å². The molecule has 2 aromatic carbocycles. The highest BCUT2D eigenvalue weighted by molar-refractivity contribution is 8.18. The Kier molecular flexibility index (Phi) is 7.13. The number of aliphatic imine (C=N–C) groups is 1. The molecular weight excluding hydrogens is 404 g/mol. The lowest BCUT2D eigenvalue weighted by Gasteiger charge is -2.11. The van der Waals surface area contributed by atoms with Crippen molar-refractivity contribution in [2.75, 3.05) is 13.7 Å². The van der Waals surface area contributed by atoms with E-state index in [0.717, 1.165) is 18.4 Å². The van der Waals surface area contributed by atoms with E-state index in [2.05, 4.69) is 17.2 Å². The van der Waals surface area contributed by atoms with Crippen LogP contribution < -0.4 is 14.8 Å². The van der Waals surface area contributed by atoms with Crippen LogP contribution in [0.25, 0.3) is 6.08 Å². The lowest BCUT2D eigenvalue weighted by molar-refractivity contribution is -0.115. The van der Waals surface area contributed by atoms with Gasteiger partial charge in [0.2, 0.25) is 0 Å². The minimum atomic E-state index is -1.000. The predicted molar refractivity (Wildman–Crippen MR) is 118 cm³/mol. The highest BCUT2D eigenvalue weighted by Gasteiger charge is 2.24. The minimum absolute atomic E-state index is 0.179. The van der Waals surface area contributed by atoms with Crippen LogP contribution in [-0.2, 0) is 4.79 Å². The number of amides is 1. The van der Waals surface area contributed by atoms with Gasteiger partial charge in [0.15, 0.2) is 16.7 Å². The maximum Gasteiger partial charge on any atom is 0.335 e. The Morgan fingerprint density at radius 3 is 2.63 bits per heavy atom. The largest absolute Gasteiger partial charge is 0.493 e. The van der Waals surface area contributed by atoms with Crippen LogP contribution in [0.1, 0.15) is 35.7 Å². The summed E-state index contributed by atoms with van der Waals surface area (Å²) in [5.41, 5.74) is 1.54. The molecule has 0 saturated carbocycles. The third kappa shape index (κ3) is 5.42. The van der Waals surface area contributed by atoms with E-state index in [-0.39, 0.29) is 11.5 Å². The number of hydrogen-bond donors (Lipinski definition) is 2. The number of methoxy groups -OCH3 is 1. The number of unbranched alkanes of at least 4 members (excludes halogenated alkanes) is 1. The summed E-state index contributed by atoms with van der Waals surface area (Å²) in [6, 6.07) is 11.6. The summed E-state index contributed by atoms with van der Waals surface area (Å²) in [7, 11) is 1.58. The van der Waals surface area contributed by atoms with Gasteiger partial charge in [0.25, 0.3) is 5.91 Å². The molecule has 156 valence electrons. The van der Waals surface area contributed by atoms with E-state index in [4.69, 9.17) is 14.6 Å². The van der Waals surface area contributed by atoms with Gasteiger partial charge in [0.05, 0.1) is 29.9 Å². The van der Waals surface area contributed by atoms with Gasteiger partial charge in [-0.15, -0.1) is 0 Å². The van der Waals surface area contributed by atoms with E-state index in [1.165, 1.54) is 23.9 Å². The third-order valence-electron chi connectivity index (χ3n) is 4.24. The molecular formula is C22H22N2O5S. The molecule has 2 aromatic rings. The summed E-state index contributed by atoms with van der Waals surface area (Å²) >= 11 is 1.22. The van der Waals surface area contributed by atoms with E-state index < -0.39 is 5.97 Å². The number of nitrogens with zero attached hydrogens (tertiary/aromatic N) is 1. The Labute approximate surface area is 178 Å². The molecule has 1 aliphatic rings. The Morgan fingerprint density at radius 2 is 1.97 bits per heavy atom. The van der Waals surface area contributed by atoms with Gasteiger partial charge in [-0.25, -0.2) is 9.79 Å². The highest BCUT2D eigenvalue weighted by atomic mass is 32.2. The standard InChI is InChI=1S/C22H22N2O5S/c1-3-4-11-29-17-10-5-14(12-18(17)28-2)13-19-20(25)24-22(30-19)23-16-8-6-15(7-9-16)21(26)27/h5-10,12-13H,3-4,11H2,1-2H3,(H,26,27)(H,23,24,25)/b19-13-. The second kappa shape index (κ2) is 9.98. The number of hydrogen-bond acceptors (Lipinski definition) is 6. The molecule has 0 bridgehead atoms. The average Bonchev–Trinajstić information content (AvgIpc) is 3.08. The van der Waals surface area contributed by atoms with Crippen LogP contribution in [0.5, 0.6) is 11.5 Å². The van der Waals surface area contributed by atoms with Crippen LogP contribution in [-0.4, -0.2) is 35.9 Å². The van der Waals surface area contributed by atoms with Crippen LogP contribution in [0.15, 0.2) is 52.4 Å². The molecule has 1 aliphatic heterocycles. The number of carboxylic acids is 1. The van der Waals surface area contributed by atoms with Crippen LogP contribution in [0, 0.1) is 0 Å². The lowest BCUT2D eigenvalue weighted by Crippen LogP contribution is -2.19. The first-order valence-corrected chi connectivity index (χ1v) is 10.3. The molecule has 2 N–H and O–H groups in total. The summed E-state index contributed by atoms with van der Waals surface area (Å²) in [6.45, 7) is 2.72. The average molecular weight is 426 g/mol. The molecule has 0 radical (unpaired) electrons. The van der Waals surface area contributed by atoms with Gasteiger partial charge in [-0.1, -0.05) is 19.4 Å². The van der Waals surface area contributed by atoms with Gasteiger partial charge in [-0.05, 0) is 66.2 Å². The maximum absolute atomic E-state index is 12.3. The number of carbonyl (C=O) groups is 2. The summed E-state index contributed by atoms with van der Waals surface area (Å²) in [5, 5.41) is 12.1. The molecule has 0 unspecified atom stereocenters. The number of carbonyl (C=O) groups excluding carboxylic acids is 1. The fourth-order valence-electron chi connectivity index (χ4n) is 2.65. The number of ether oxygens (including phenoxy) is 2. The summed E-state index contributed by atoms with van der Waals surface area (Å²) in [5.74, 6) is 0.0308. The van der Waals surface area contributed by atoms with Gasteiger partial charge >= 0.3 is 5.97 Å². The van der Waals surface area contributed by atoms with E-state index in [1.807, 2.05) is 18.2 Å². The number of rotatable bonds is 8. The van der Waals surface area contributed by atoms with Crippen molar-refractivity contribution in [2.24, 2.45) is 4.99 Å². The number of nitrogens with one attached hydrogen (secondary N) is 1. The van der Waals surface area contributed by atoms with Crippen LogP contribution in [0.2, 0.25) is 0 Å². The Hall–Kier alpha value is -3.26. The topological polar surface area (TPSA) is 97.2 Å². The molecule has 7 nitrogen and oxygen atoms in total. The molecule has 0 spiro atoms. The molecule has 3 rings (SSSR count). The first kappa shape index (κ1) is 21.4. The van der Waals surface area contributed by atoms with Crippen molar-refractivity contribution in [2.45, 2.75) is 19.8 Å². The number of amidine groups is 1. The molecule has 0 aromatic heterocycles. The number of aromatic carboxylic acids is 1. The quantitative estimate of drug-likeness (QED) is 0.478. The second-order valence-electron chi connectivity index (χ2n) is 6.45. The number of thioether (sulfide) groups is 1. The first-order valence-electron chi connectivity index (χ1n) is 9.44. The zero-order valence-corrected chi connectivity index (χ0v) is 17.5. The van der Waals surface area contributed by atoms with Crippen molar-refractivity contribution in [1.82, 2.24) is 5.32 Å². The Bertz CT molecular complexity index is 999. The van der Waals surface area contributed by atoms with Gasteiger partial charge in [-0.3, -0.25) is 4.79 Å². The smallest absolute Gasteiger partial charge is 0.335 e. The highest BCUT2D eigenvalue weighted by Crippen LogP contribution is 2.32. The van der Waals surface area contributed by atoms with Crippen LogP contribution in [0.3, 0.4) is 0 Å². The molecule has 8 heteroatoms. The van der Waals surface area contributed by atoms with Gasteiger partial charge in [0, 0.05) is 0 Å². The summed E-state index contributed by atoms with van der Waals surface area (Å²) < 4.78 is 11.1. The van der Waals surface area contributed by atoms with Crippen molar-refractivity contribution in [3.63, 3.8) is 0 Å². The van der Waals surface area contributed by atoms with Gasteiger partial charge in [0.1, 0.15) is 0 Å². The molecule has 0 atom stereocenters. The molecule has 1 heterocycles. The molecule has 1 fully saturated rings. The predicted octanol–water partition coefficient (Wildman–Crippen LogP) is 4.46. The monoisotopic (exact) mass is 426 g/mol. The lowest BCUT2D eigenvalue weighted by atomic mass is 10.2. The molecule has 0 aliphatic carbocycles.